The summed E-state index contributed by atoms with van der Waals surface area (Å²) in [5.74, 6) is -1.96. The summed E-state index contributed by atoms with van der Waals surface area (Å²) in [6.45, 7) is 5.98. The first-order valence-corrected chi connectivity index (χ1v) is 7.21. The molecule has 0 saturated heterocycles. The molecule has 1 N–H and O–H groups in total. The molecule has 106 valence electrons. The molecule has 0 unspecified atom stereocenters. The Kier molecular flexibility index (Phi) is 11.8. The molecule has 0 heterocycles. The van der Waals surface area contributed by atoms with Gasteiger partial charge in [0.05, 0.1) is 0 Å². The first kappa shape index (κ1) is 21.2. The molecule has 0 fully saturated rings. The Morgan fingerprint density at radius 2 is 1.79 bits per heavy atom. The van der Waals surface area contributed by atoms with Crippen LogP contribution in [0.1, 0.15) is 33.6 Å². The van der Waals surface area contributed by atoms with E-state index in [9.17, 15) is 13.2 Å². The van der Waals surface area contributed by atoms with E-state index in [-0.39, 0.29) is 36.2 Å². The minimum atomic E-state index is -4.30. The molecule has 5 nitrogen and oxygen atoms in total. The molecule has 0 aromatic heterocycles. The topological polar surface area (TPSA) is 80.7 Å². The van der Waals surface area contributed by atoms with Crippen LogP contribution in [0.25, 0.3) is 0 Å². The third-order valence-electron chi connectivity index (χ3n) is 2.07. The Morgan fingerprint density at radius 3 is 2.26 bits per heavy atom. The average Bonchev–Trinajstić information content (AvgIpc) is 2.13. The Bertz CT molecular complexity index is 433. The number of esters is 1. The molecule has 0 bridgehead atoms. The zero-order valence-electron chi connectivity index (χ0n) is 11.0. The zero-order valence-corrected chi connectivity index (χ0v) is 11.8. The van der Waals surface area contributed by atoms with Crippen LogP contribution in [0.5, 0.6) is 0 Å². The molecule has 19 heavy (non-hydrogen) atoms. The third kappa shape index (κ3) is 15.8. The summed E-state index contributed by atoms with van der Waals surface area (Å²) in [6, 6.07) is 0. The number of carbonyl (C=O) groups excluding carboxylic acids is 1. The van der Waals surface area contributed by atoms with Gasteiger partial charge in [0, 0.05) is 0 Å². The molecule has 0 aromatic rings. The third-order valence-corrected chi connectivity index (χ3v) is 2.67. The second kappa shape index (κ2) is 10.6. The number of ether oxygens (including phenoxy) is 1. The average molecular weight is 300 g/mol. The maximum atomic E-state index is 10.9. The summed E-state index contributed by atoms with van der Waals surface area (Å²) in [7, 11) is -4.30. The zero-order chi connectivity index (χ0) is 14.2. The Morgan fingerprint density at radius 1 is 1.21 bits per heavy atom. The number of rotatable bonds is 7. The summed E-state index contributed by atoms with van der Waals surface area (Å²) < 4.78 is 33.8. The van der Waals surface area contributed by atoms with Crippen molar-refractivity contribution in [3.63, 3.8) is 0 Å². The molecule has 0 saturated carbocycles. The molecule has 0 aliphatic rings. The molecule has 0 radical (unpaired) electrons. The molecular formula is C12H21NaO5S. The van der Waals surface area contributed by atoms with Crippen molar-refractivity contribution < 1.29 is 22.5 Å². The number of hydrogen-bond acceptors (Lipinski definition) is 4. The summed E-state index contributed by atoms with van der Waals surface area (Å²) in [6.07, 6.45) is 5.62. The van der Waals surface area contributed by atoms with Crippen LogP contribution < -0.4 is 0 Å². The fraction of sp³-hybridized carbons (Fsp3) is 0.583. The van der Waals surface area contributed by atoms with Gasteiger partial charge in [-0.3, -0.25) is 9.35 Å². The van der Waals surface area contributed by atoms with E-state index in [1.54, 1.807) is 6.08 Å². The van der Waals surface area contributed by atoms with Gasteiger partial charge in [-0.05, 0) is 39.7 Å². The Hall–Kier alpha value is -0.140. The van der Waals surface area contributed by atoms with Crippen LogP contribution in [0.15, 0.2) is 23.3 Å². The first-order chi connectivity index (χ1) is 8.20. The normalized spacial score (nSPS) is 11.5. The first-order valence-electron chi connectivity index (χ1n) is 5.60. The van der Waals surface area contributed by atoms with Gasteiger partial charge in [0.25, 0.3) is 10.1 Å². The van der Waals surface area contributed by atoms with Gasteiger partial charge in [0.15, 0.2) is 5.75 Å². The van der Waals surface area contributed by atoms with Gasteiger partial charge in [-0.1, -0.05) is 17.2 Å². The SMILES string of the molecule is CC(C)=CCC/C(C)=C/COC(=O)CS(=O)(=O)O.[NaH]. The molecule has 0 aliphatic heterocycles. The van der Waals surface area contributed by atoms with E-state index in [0.717, 1.165) is 18.4 Å². The number of carbonyl (C=O) groups is 1. The van der Waals surface area contributed by atoms with Gasteiger partial charge >= 0.3 is 35.5 Å². The molecule has 0 amide bonds. The molecule has 0 rings (SSSR count). The summed E-state index contributed by atoms with van der Waals surface area (Å²) in [5, 5.41) is 0. The van der Waals surface area contributed by atoms with Gasteiger partial charge in [0.1, 0.15) is 6.61 Å². The molecular weight excluding hydrogens is 279 g/mol. The molecule has 7 heteroatoms. The second-order valence-electron chi connectivity index (χ2n) is 4.28. The number of hydrogen-bond donors (Lipinski definition) is 1. The maximum absolute atomic E-state index is 10.9. The molecule has 0 atom stereocenters. The van der Waals surface area contributed by atoms with E-state index >= 15 is 0 Å². The van der Waals surface area contributed by atoms with E-state index in [1.165, 1.54) is 5.57 Å². The van der Waals surface area contributed by atoms with E-state index in [2.05, 4.69) is 10.8 Å². The summed E-state index contributed by atoms with van der Waals surface area (Å²) in [4.78, 5) is 10.9. The van der Waals surface area contributed by atoms with Crippen LogP contribution >= 0.6 is 0 Å². The van der Waals surface area contributed by atoms with Crippen molar-refractivity contribution in [2.24, 2.45) is 0 Å². The van der Waals surface area contributed by atoms with Crippen LogP contribution in [0.4, 0.5) is 0 Å². The van der Waals surface area contributed by atoms with Gasteiger partial charge < -0.3 is 4.74 Å². The summed E-state index contributed by atoms with van der Waals surface area (Å²) in [5.41, 5.74) is 2.31. The van der Waals surface area contributed by atoms with Crippen molar-refractivity contribution in [2.75, 3.05) is 12.4 Å². The van der Waals surface area contributed by atoms with Gasteiger partial charge in [0.2, 0.25) is 0 Å². The van der Waals surface area contributed by atoms with Crippen LogP contribution in [0.2, 0.25) is 0 Å². The molecule has 0 aliphatic carbocycles. The fourth-order valence-corrected chi connectivity index (χ4v) is 1.54. The molecule has 0 spiro atoms. The van der Waals surface area contributed by atoms with Crippen molar-refractivity contribution in [1.29, 1.82) is 0 Å². The van der Waals surface area contributed by atoms with E-state index in [4.69, 9.17) is 4.55 Å². The van der Waals surface area contributed by atoms with Crippen molar-refractivity contribution in [3.8, 4) is 0 Å². The van der Waals surface area contributed by atoms with Crippen LogP contribution in [-0.2, 0) is 19.6 Å². The van der Waals surface area contributed by atoms with Crippen molar-refractivity contribution in [3.05, 3.63) is 23.3 Å². The van der Waals surface area contributed by atoms with Gasteiger partial charge in [-0.15, -0.1) is 0 Å². The van der Waals surface area contributed by atoms with Crippen molar-refractivity contribution >= 4 is 45.6 Å². The van der Waals surface area contributed by atoms with Crippen LogP contribution in [-0.4, -0.2) is 60.9 Å². The number of allylic oxidation sites excluding steroid dienone is 3. The Labute approximate surface area is 137 Å². The van der Waals surface area contributed by atoms with E-state index < -0.39 is 21.8 Å². The second-order valence-corrected chi connectivity index (χ2v) is 5.73. The Balaban J connectivity index is 0. The van der Waals surface area contributed by atoms with Crippen molar-refractivity contribution in [2.45, 2.75) is 33.6 Å². The van der Waals surface area contributed by atoms with Gasteiger partial charge in [-0.25, -0.2) is 0 Å². The van der Waals surface area contributed by atoms with Gasteiger partial charge in [-0.2, -0.15) is 8.42 Å². The monoisotopic (exact) mass is 300 g/mol. The van der Waals surface area contributed by atoms with Crippen molar-refractivity contribution in [1.82, 2.24) is 0 Å². The fourth-order valence-electron chi connectivity index (χ4n) is 1.16. The van der Waals surface area contributed by atoms with E-state index in [1.807, 2.05) is 20.8 Å². The van der Waals surface area contributed by atoms with Crippen LogP contribution in [0, 0.1) is 0 Å². The predicted octanol–water partition coefficient (Wildman–Crippen LogP) is 1.46. The minimum absolute atomic E-state index is 0. The molecule has 0 aromatic carbocycles. The predicted molar refractivity (Wildman–Crippen MR) is 76.9 cm³/mol. The van der Waals surface area contributed by atoms with Crippen LogP contribution in [0.3, 0.4) is 0 Å². The quantitative estimate of drug-likeness (QED) is 0.333. The summed E-state index contributed by atoms with van der Waals surface area (Å²) >= 11 is 0. The standard InChI is InChI=1S/C12H20O5S.Na.H/c1-10(2)5-4-6-11(3)7-8-17-12(13)9-18(14,15)16;;/h5,7H,4,6,8-9H2,1-3H3,(H,14,15,16);;/b11-7+;;. The van der Waals surface area contributed by atoms with E-state index in [0.29, 0.717) is 0 Å².